The van der Waals surface area contributed by atoms with Gasteiger partial charge in [0.15, 0.2) is 0 Å². The first-order valence-electron chi connectivity index (χ1n) is 11.7. The van der Waals surface area contributed by atoms with Crippen molar-refractivity contribution in [2.45, 2.75) is 58.9 Å². The zero-order valence-corrected chi connectivity index (χ0v) is 18.6. The third-order valence-electron chi connectivity index (χ3n) is 7.33. The molecular weight excluding hydrogens is 362 g/mol. The number of imidazole rings is 1. The van der Waals surface area contributed by atoms with Gasteiger partial charge in [-0.05, 0) is 56.5 Å². The minimum absolute atomic E-state index is 0.237. The largest absolute Gasteiger partial charge is 0.348 e. The molecular formula is C23H39N5O. The number of rotatable bonds is 5. The van der Waals surface area contributed by atoms with Gasteiger partial charge < -0.3 is 14.8 Å². The molecule has 4 rings (SSSR count). The Kier molecular flexibility index (Phi) is 6.60. The van der Waals surface area contributed by atoms with Gasteiger partial charge >= 0.3 is 0 Å². The number of hydrogen-bond donors (Lipinski definition) is 1. The number of carbonyl (C=O) groups is 1. The quantitative estimate of drug-likeness (QED) is 0.824. The highest BCUT2D eigenvalue weighted by molar-refractivity contribution is 5.73. The van der Waals surface area contributed by atoms with E-state index in [0.717, 1.165) is 32.0 Å². The van der Waals surface area contributed by atoms with Crippen molar-refractivity contribution in [1.29, 1.82) is 0 Å². The number of piperidine rings is 2. The number of carbonyl (C=O) groups excluding carboxylic acids is 1. The minimum atomic E-state index is 0.237. The number of aromatic nitrogens is 2. The lowest BCUT2D eigenvalue weighted by Gasteiger charge is -2.44. The second-order valence-electron chi connectivity index (χ2n) is 9.94. The van der Waals surface area contributed by atoms with Crippen molar-refractivity contribution >= 4 is 5.91 Å². The fourth-order valence-electron chi connectivity index (χ4n) is 5.80. The molecule has 1 unspecified atom stereocenters. The van der Waals surface area contributed by atoms with Crippen LogP contribution in [0, 0.1) is 17.8 Å². The highest BCUT2D eigenvalue weighted by Gasteiger charge is 2.37. The lowest BCUT2D eigenvalue weighted by atomic mass is 9.83. The molecule has 0 aliphatic carbocycles. The Hall–Kier alpha value is -1.40. The van der Waals surface area contributed by atoms with E-state index in [0.29, 0.717) is 17.9 Å². The Labute approximate surface area is 176 Å². The number of nitrogens with one attached hydrogen (secondary N) is 1. The van der Waals surface area contributed by atoms with Gasteiger partial charge in [0.05, 0.1) is 18.1 Å². The predicted octanol–water partition coefficient (Wildman–Crippen LogP) is 2.94. The van der Waals surface area contributed by atoms with Crippen LogP contribution in [0.5, 0.6) is 0 Å². The van der Waals surface area contributed by atoms with Gasteiger partial charge in [0, 0.05) is 51.8 Å². The average Bonchev–Trinajstić information content (AvgIpc) is 3.17. The van der Waals surface area contributed by atoms with Crippen molar-refractivity contribution in [2.24, 2.45) is 17.8 Å². The van der Waals surface area contributed by atoms with Crippen LogP contribution in [0.15, 0.2) is 6.33 Å². The van der Waals surface area contributed by atoms with Crippen LogP contribution >= 0.6 is 0 Å². The number of hydrogen-bond acceptors (Lipinski definition) is 4. The van der Waals surface area contributed by atoms with Crippen LogP contribution in [-0.4, -0.2) is 76.4 Å². The summed E-state index contributed by atoms with van der Waals surface area (Å²) in [7, 11) is 0. The number of nitrogens with zero attached hydrogens (tertiary/aromatic N) is 4. The maximum absolute atomic E-state index is 11.5. The molecule has 162 valence electrons. The molecule has 0 spiro atoms. The molecule has 1 atom stereocenters. The first-order chi connectivity index (χ1) is 14.0. The van der Waals surface area contributed by atoms with Crippen molar-refractivity contribution in [3.63, 3.8) is 0 Å². The summed E-state index contributed by atoms with van der Waals surface area (Å²) in [5.41, 5.74) is 2.70. The summed E-state index contributed by atoms with van der Waals surface area (Å²) in [5.74, 6) is 2.40. The van der Waals surface area contributed by atoms with Crippen molar-refractivity contribution in [2.75, 3.05) is 45.8 Å². The smallest absolute Gasteiger partial charge is 0.219 e. The number of H-pyrrole nitrogens is 1. The summed E-state index contributed by atoms with van der Waals surface area (Å²) in [5, 5.41) is 0. The number of fused-ring (bicyclic) bond motifs is 1. The maximum Gasteiger partial charge on any atom is 0.219 e. The number of likely N-dealkylation sites (tertiary alicyclic amines) is 2. The molecule has 0 radical (unpaired) electrons. The summed E-state index contributed by atoms with van der Waals surface area (Å²) in [6.45, 7) is 14.2. The van der Waals surface area contributed by atoms with Crippen LogP contribution in [0.2, 0.25) is 0 Å². The zero-order valence-electron chi connectivity index (χ0n) is 18.6. The summed E-state index contributed by atoms with van der Waals surface area (Å²) in [6, 6.07) is 0.494. The Morgan fingerprint density at radius 2 is 1.86 bits per heavy atom. The molecule has 1 amide bonds. The van der Waals surface area contributed by atoms with Gasteiger partial charge in [0.25, 0.3) is 0 Å². The fourth-order valence-corrected chi connectivity index (χ4v) is 5.80. The van der Waals surface area contributed by atoms with Gasteiger partial charge in [-0.3, -0.25) is 9.69 Å². The lowest BCUT2D eigenvalue weighted by Crippen LogP contribution is -2.46. The SMILES string of the molecule is CC(=O)N1CCC(CN2CCC(C3c4nc[nH]c4CCN3CC(C)C)CC2)CC1. The second kappa shape index (κ2) is 9.17. The van der Waals surface area contributed by atoms with Gasteiger partial charge in [0.1, 0.15) is 0 Å². The van der Waals surface area contributed by atoms with Crippen LogP contribution in [-0.2, 0) is 11.2 Å². The minimum Gasteiger partial charge on any atom is -0.348 e. The van der Waals surface area contributed by atoms with Crippen LogP contribution in [0.4, 0.5) is 0 Å². The molecule has 0 aromatic carbocycles. The molecule has 29 heavy (non-hydrogen) atoms. The molecule has 3 aliphatic rings. The van der Waals surface area contributed by atoms with Crippen molar-refractivity contribution in [3.8, 4) is 0 Å². The zero-order chi connectivity index (χ0) is 20.4. The molecule has 4 heterocycles. The van der Waals surface area contributed by atoms with E-state index in [1.54, 1.807) is 6.92 Å². The normalized spacial score (nSPS) is 25.5. The maximum atomic E-state index is 11.5. The molecule has 0 bridgehead atoms. The molecule has 3 aliphatic heterocycles. The highest BCUT2D eigenvalue weighted by atomic mass is 16.2. The summed E-state index contributed by atoms with van der Waals surface area (Å²) in [4.78, 5) is 27.1. The molecule has 2 fully saturated rings. The van der Waals surface area contributed by atoms with Crippen LogP contribution in [0.1, 0.15) is 63.9 Å². The van der Waals surface area contributed by atoms with Crippen LogP contribution < -0.4 is 0 Å². The fraction of sp³-hybridized carbons (Fsp3) is 0.826. The van der Waals surface area contributed by atoms with Crippen molar-refractivity contribution < 1.29 is 4.79 Å². The van der Waals surface area contributed by atoms with Crippen LogP contribution in [0.3, 0.4) is 0 Å². The van der Waals surface area contributed by atoms with E-state index in [9.17, 15) is 4.79 Å². The van der Waals surface area contributed by atoms with E-state index in [1.165, 1.54) is 63.3 Å². The van der Waals surface area contributed by atoms with E-state index < -0.39 is 0 Å². The molecule has 1 N–H and O–H groups in total. The number of aromatic amines is 1. The second-order valence-corrected chi connectivity index (χ2v) is 9.94. The standard InChI is InChI=1S/C23H39N5O/c1-17(2)14-28-13-8-21-22(25-16-24-21)23(28)20-6-9-26(10-7-20)15-19-4-11-27(12-5-19)18(3)29/h16-17,19-20,23H,4-15H2,1-3H3,(H,24,25). The molecule has 1 aromatic rings. The Bertz CT molecular complexity index is 671. The molecule has 6 nitrogen and oxygen atoms in total. The van der Waals surface area contributed by atoms with Gasteiger partial charge in [0.2, 0.25) is 5.91 Å². The number of amides is 1. The van der Waals surface area contributed by atoms with E-state index in [-0.39, 0.29) is 5.91 Å². The van der Waals surface area contributed by atoms with Gasteiger partial charge in [-0.15, -0.1) is 0 Å². The molecule has 2 saturated heterocycles. The first-order valence-corrected chi connectivity index (χ1v) is 11.7. The summed E-state index contributed by atoms with van der Waals surface area (Å²) in [6.07, 6.45) is 7.90. The monoisotopic (exact) mass is 401 g/mol. The van der Waals surface area contributed by atoms with E-state index in [4.69, 9.17) is 4.98 Å². The third-order valence-corrected chi connectivity index (χ3v) is 7.33. The Morgan fingerprint density at radius 3 is 2.52 bits per heavy atom. The highest BCUT2D eigenvalue weighted by Crippen LogP contribution is 2.39. The van der Waals surface area contributed by atoms with Gasteiger partial charge in [-0.1, -0.05) is 13.8 Å². The Balaban J connectivity index is 1.32. The third kappa shape index (κ3) is 4.85. The first kappa shape index (κ1) is 20.9. The molecule has 6 heteroatoms. The topological polar surface area (TPSA) is 55.5 Å². The van der Waals surface area contributed by atoms with Gasteiger partial charge in [-0.25, -0.2) is 4.98 Å². The van der Waals surface area contributed by atoms with E-state index in [2.05, 4.69) is 28.6 Å². The van der Waals surface area contributed by atoms with E-state index in [1.807, 2.05) is 11.2 Å². The van der Waals surface area contributed by atoms with Crippen LogP contribution in [0.25, 0.3) is 0 Å². The predicted molar refractivity (Wildman–Crippen MR) is 116 cm³/mol. The average molecular weight is 402 g/mol. The van der Waals surface area contributed by atoms with Gasteiger partial charge in [-0.2, -0.15) is 0 Å². The van der Waals surface area contributed by atoms with E-state index >= 15 is 0 Å². The Morgan fingerprint density at radius 1 is 1.14 bits per heavy atom. The van der Waals surface area contributed by atoms with Crippen molar-refractivity contribution in [1.82, 2.24) is 24.7 Å². The summed E-state index contributed by atoms with van der Waals surface area (Å²) < 4.78 is 0. The molecule has 0 saturated carbocycles. The van der Waals surface area contributed by atoms with Crippen molar-refractivity contribution in [3.05, 3.63) is 17.7 Å². The molecule has 1 aromatic heterocycles. The lowest BCUT2D eigenvalue weighted by molar-refractivity contribution is -0.130. The summed E-state index contributed by atoms with van der Waals surface area (Å²) >= 11 is 0.